The van der Waals surface area contributed by atoms with E-state index in [1.807, 2.05) is 0 Å². The Bertz CT molecular complexity index is 119. The highest BCUT2D eigenvalue weighted by Crippen LogP contribution is 2.02. The van der Waals surface area contributed by atoms with Crippen molar-refractivity contribution in [2.24, 2.45) is 11.8 Å². The molecule has 17 heavy (non-hydrogen) atoms. The summed E-state index contributed by atoms with van der Waals surface area (Å²) in [6.07, 6.45) is 3.93. The van der Waals surface area contributed by atoms with E-state index in [1.165, 1.54) is 12.8 Å². The molecule has 0 radical (unpaired) electrons. The van der Waals surface area contributed by atoms with Crippen LogP contribution < -0.4 is 0 Å². The third-order valence-electron chi connectivity index (χ3n) is 2.66. The second-order valence-electron chi connectivity index (χ2n) is 5.43. The lowest BCUT2D eigenvalue weighted by atomic mass is 10.1. The van der Waals surface area contributed by atoms with E-state index in [1.54, 1.807) is 7.11 Å². The summed E-state index contributed by atoms with van der Waals surface area (Å²) < 4.78 is 10.4. The zero-order valence-corrected chi connectivity index (χ0v) is 13.1. The quantitative estimate of drug-likeness (QED) is 0.586. The molecular formula is C15H34O2. The molecule has 0 bridgehead atoms. The minimum atomic E-state index is 0.435. The van der Waals surface area contributed by atoms with E-state index in [4.69, 9.17) is 9.47 Å². The minimum Gasteiger partial charge on any atom is -0.382 e. The van der Waals surface area contributed by atoms with Gasteiger partial charge in [0, 0.05) is 20.3 Å². The molecule has 2 heteroatoms. The van der Waals surface area contributed by atoms with Crippen LogP contribution >= 0.6 is 0 Å². The Kier molecular flexibility index (Phi) is 15.8. The van der Waals surface area contributed by atoms with E-state index in [-0.39, 0.29) is 0 Å². The standard InChI is InChI=1S/C10H22O.C5H12O/c1-9(2)5-7-11-8-6-10(3)4;1-4-5(2)6-3/h9-10H,5-8H2,1-4H3;5H,4H2,1-3H3. The second kappa shape index (κ2) is 14.0. The van der Waals surface area contributed by atoms with E-state index in [0.717, 1.165) is 31.5 Å². The first kappa shape index (κ1) is 19.3. The fraction of sp³-hybridized carbons (Fsp3) is 1.00. The van der Waals surface area contributed by atoms with Crippen molar-refractivity contribution in [3.05, 3.63) is 0 Å². The average Bonchev–Trinajstić information content (AvgIpc) is 2.27. The average molecular weight is 246 g/mol. The maximum atomic E-state index is 5.46. The van der Waals surface area contributed by atoms with Gasteiger partial charge in [0.05, 0.1) is 6.10 Å². The van der Waals surface area contributed by atoms with Crippen molar-refractivity contribution in [1.82, 2.24) is 0 Å². The van der Waals surface area contributed by atoms with Crippen LogP contribution in [0, 0.1) is 11.8 Å². The van der Waals surface area contributed by atoms with E-state index >= 15 is 0 Å². The molecule has 0 saturated carbocycles. The third kappa shape index (κ3) is 21.7. The summed E-state index contributed by atoms with van der Waals surface area (Å²) in [6.45, 7) is 14.9. The topological polar surface area (TPSA) is 18.5 Å². The van der Waals surface area contributed by atoms with Crippen molar-refractivity contribution in [3.8, 4) is 0 Å². The third-order valence-corrected chi connectivity index (χ3v) is 2.66. The molecule has 0 aliphatic rings. The van der Waals surface area contributed by atoms with E-state index in [2.05, 4.69) is 41.5 Å². The fourth-order valence-corrected chi connectivity index (χ4v) is 0.907. The molecule has 0 aromatic rings. The number of methoxy groups -OCH3 is 1. The summed E-state index contributed by atoms with van der Waals surface area (Å²) in [5.74, 6) is 1.54. The predicted molar refractivity (Wildman–Crippen MR) is 76.5 cm³/mol. The van der Waals surface area contributed by atoms with Gasteiger partial charge in [0.1, 0.15) is 0 Å². The van der Waals surface area contributed by atoms with Gasteiger partial charge in [-0.25, -0.2) is 0 Å². The van der Waals surface area contributed by atoms with Crippen LogP contribution in [-0.4, -0.2) is 26.4 Å². The highest BCUT2D eigenvalue weighted by atomic mass is 16.5. The lowest BCUT2D eigenvalue weighted by Crippen LogP contribution is -2.02. The highest BCUT2D eigenvalue weighted by molar-refractivity contribution is 4.45. The maximum Gasteiger partial charge on any atom is 0.0540 e. The summed E-state index contributed by atoms with van der Waals surface area (Å²) in [4.78, 5) is 0. The molecule has 0 rings (SSSR count). The van der Waals surface area contributed by atoms with Gasteiger partial charge in [-0.3, -0.25) is 0 Å². The van der Waals surface area contributed by atoms with Gasteiger partial charge in [-0.05, 0) is 38.0 Å². The summed E-state index contributed by atoms with van der Waals surface area (Å²) >= 11 is 0. The van der Waals surface area contributed by atoms with Crippen LogP contribution in [0.15, 0.2) is 0 Å². The van der Waals surface area contributed by atoms with Crippen LogP contribution in [0.2, 0.25) is 0 Å². The van der Waals surface area contributed by atoms with Crippen molar-refractivity contribution < 1.29 is 9.47 Å². The molecule has 0 N–H and O–H groups in total. The number of ether oxygens (including phenoxy) is 2. The monoisotopic (exact) mass is 246 g/mol. The molecule has 1 unspecified atom stereocenters. The molecule has 2 nitrogen and oxygen atoms in total. The van der Waals surface area contributed by atoms with Gasteiger partial charge in [-0.2, -0.15) is 0 Å². The SMILES string of the molecule is CC(C)CCOCCC(C)C.CCC(C)OC. The Balaban J connectivity index is 0. The summed E-state index contributed by atoms with van der Waals surface area (Å²) in [5, 5.41) is 0. The smallest absolute Gasteiger partial charge is 0.0540 e. The van der Waals surface area contributed by atoms with Crippen molar-refractivity contribution in [3.63, 3.8) is 0 Å². The molecule has 0 fully saturated rings. The van der Waals surface area contributed by atoms with Crippen LogP contribution in [0.5, 0.6) is 0 Å². The predicted octanol–water partition coefficient (Wildman–Crippen LogP) is 4.53. The van der Waals surface area contributed by atoms with Crippen LogP contribution in [0.1, 0.15) is 60.8 Å². The van der Waals surface area contributed by atoms with E-state index in [9.17, 15) is 0 Å². The Hall–Kier alpha value is -0.0800. The lowest BCUT2D eigenvalue weighted by Gasteiger charge is -2.07. The fourth-order valence-electron chi connectivity index (χ4n) is 0.907. The first-order chi connectivity index (χ1) is 7.93. The minimum absolute atomic E-state index is 0.435. The molecule has 0 aromatic carbocycles. The number of hydrogen-bond donors (Lipinski definition) is 0. The van der Waals surface area contributed by atoms with Crippen molar-refractivity contribution >= 4 is 0 Å². The maximum absolute atomic E-state index is 5.46. The highest BCUT2D eigenvalue weighted by Gasteiger charge is 1.95. The van der Waals surface area contributed by atoms with Crippen LogP contribution in [0.3, 0.4) is 0 Å². The molecule has 1 atom stereocenters. The van der Waals surface area contributed by atoms with Crippen LogP contribution in [-0.2, 0) is 9.47 Å². The first-order valence-corrected chi connectivity index (χ1v) is 7.04. The van der Waals surface area contributed by atoms with Gasteiger partial charge in [-0.1, -0.05) is 34.6 Å². The van der Waals surface area contributed by atoms with Crippen molar-refractivity contribution in [1.29, 1.82) is 0 Å². The van der Waals surface area contributed by atoms with E-state index < -0.39 is 0 Å². The normalized spacial score (nSPS) is 12.5. The second-order valence-corrected chi connectivity index (χ2v) is 5.43. The van der Waals surface area contributed by atoms with Gasteiger partial charge >= 0.3 is 0 Å². The van der Waals surface area contributed by atoms with Gasteiger partial charge < -0.3 is 9.47 Å². The molecule has 0 saturated heterocycles. The molecule has 0 aliphatic heterocycles. The summed E-state index contributed by atoms with van der Waals surface area (Å²) in [7, 11) is 1.73. The Labute approximate surface area is 109 Å². The van der Waals surface area contributed by atoms with Crippen LogP contribution in [0.4, 0.5) is 0 Å². The zero-order valence-electron chi connectivity index (χ0n) is 13.1. The van der Waals surface area contributed by atoms with Gasteiger partial charge in [-0.15, -0.1) is 0 Å². The number of hydrogen-bond acceptors (Lipinski definition) is 2. The molecule has 106 valence electrons. The van der Waals surface area contributed by atoms with Gasteiger partial charge in [0.25, 0.3) is 0 Å². The molecular weight excluding hydrogens is 212 g/mol. The van der Waals surface area contributed by atoms with Crippen LogP contribution in [0.25, 0.3) is 0 Å². The Morgan fingerprint density at radius 1 is 0.824 bits per heavy atom. The molecule has 0 aliphatic carbocycles. The lowest BCUT2D eigenvalue weighted by molar-refractivity contribution is 0.114. The molecule has 0 heterocycles. The summed E-state index contributed by atoms with van der Waals surface area (Å²) in [5.41, 5.74) is 0. The van der Waals surface area contributed by atoms with Crippen molar-refractivity contribution in [2.75, 3.05) is 20.3 Å². The summed E-state index contributed by atoms with van der Waals surface area (Å²) in [6, 6.07) is 0. The molecule has 0 aromatic heterocycles. The zero-order chi connectivity index (χ0) is 13.7. The van der Waals surface area contributed by atoms with E-state index in [0.29, 0.717) is 6.10 Å². The van der Waals surface area contributed by atoms with Crippen molar-refractivity contribution in [2.45, 2.75) is 66.9 Å². The Morgan fingerprint density at radius 2 is 1.24 bits per heavy atom. The molecule has 0 spiro atoms. The molecule has 0 amide bonds. The Morgan fingerprint density at radius 3 is 1.41 bits per heavy atom. The number of rotatable bonds is 8. The largest absolute Gasteiger partial charge is 0.382 e. The first-order valence-electron chi connectivity index (χ1n) is 7.04. The van der Waals surface area contributed by atoms with Gasteiger partial charge in [0.15, 0.2) is 0 Å². The van der Waals surface area contributed by atoms with Gasteiger partial charge in [0.2, 0.25) is 0 Å².